The lowest BCUT2D eigenvalue weighted by molar-refractivity contribution is -0.118. The second-order valence-corrected chi connectivity index (χ2v) is 8.34. The van der Waals surface area contributed by atoms with Gasteiger partial charge in [-0.15, -0.1) is 0 Å². The van der Waals surface area contributed by atoms with E-state index in [1.54, 1.807) is 54.6 Å². The van der Waals surface area contributed by atoms with Gasteiger partial charge in [0.05, 0.1) is 11.5 Å². The highest BCUT2D eigenvalue weighted by Crippen LogP contribution is 2.19. The average molecular weight is 441 g/mol. The third kappa shape index (κ3) is 6.75. The summed E-state index contributed by atoms with van der Waals surface area (Å²) in [7, 11) is -3.71. The molecule has 0 bridgehead atoms. The van der Waals surface area contributed by atoms with Crippen molar-refractivity contribution in [2.45, 2.75) is 18.2 Å². The van der Waals surface area contributed by atoms with Crippen LogP contribution in [0.1, 0.15) is 13.3 Å². The van der Waals surface area contributed by atoms with Crippen LogP contribution in [0, 0.1) is 0 Å². The molecule has 0 radical (unpaired) electrons. The smallest absolute Gasteiger partial charge is 0.262 e. The fourth-order valence-corrected chi connectivity index (χ4v) is 3.69. The number of rotatable bonds is 10. The molecule has 0 aliphatic heterocycles. The van der Waals surface area contributed by atoms with Crippen LogP contribution in [0.2, 0.25) is 0 Å². The number of amides is 1. The topological polar surface area (TPSA) is 93.7 Å². The SMILES string of the molecule is CCCOc1ccc(OCC(=O)Nc2ccc(S(=O)(=O)Nc3ccccc3)cc2)cc1. The predicted molar refractivity (Wildman–Crippen MR) is 120 cm³/mol. The Balaban J connectivity index is 1.51. The van der Waals surface area contributed by atoms with E-state index >= 15 is 0 Å². The number of nitrogens with one attached hydrogen (secondary N) is 2. The number of para-hydroxylation sites is 1. The fraction of sp³-hybridized carbons (Fsp3) is 0.174. The van der Waals surface area contributed by atoms with Gasteiger partial charge >= 0.3 is 0 Å². The lowest BCUT2D eigenvalue weighted by atomic mass is 10.3. The molecule has 1 amide bonds. The summed E-state index contributed by atoms with van der Waals surface area (Å²) in [5.41, 5.74) is 0.942. The van der Waals surface area contributed by atoms with Crippen molar-refractivity contribution >= 4 is 27.3 Å². The molecule has 0 aromatic heterocycles. The normalized spacial score (nSPS) is 10.9. The van der Waals surface area contributed by atoms with Crippen LogP contribution in [-0.4, -0.2) is 27.5 Å². The highest BCUT2D eigenvalue weighted by atomic mass is 32.2. The van der Waals surface area contributed by atoms with Crippen molar-refractivity contribution in [1.82, 2.24) is 0 Å². The first-order chi connectivity index (χ1) is 15.0. The van der Waals surface area contributed by atoms with Gasteiger partial charge in [0.25, 0.3) is 15.9 Å². The van der Waals surface area contributed by atoms with Gasteiger partial charge in [-0.05, 0) is 67.1 Å². The first-order valence-corrected chi connectivity index (χ1v) is 11.3. The van der Waals surface area contributed by atoms with Crippen molar-refractivity contribution in [2.24, 2.45) is 0 Å². The molecule has 0 heterocycles. The number of benzene rings is 3. The lowest BCUT2D eigenvalue weighted by Crippen LogP contribution is -2.20. The minimum absolute atomic E-state index is 0.0935. The van der Waals surface area contributed by atoms with Gasteiger partial charge in [-0.3, -0.25) is 9.52 Å². The van der Waals surface area contributed by atoms with Crippen molar-refractivity contribution in [1.29, 1.82) is 0 Å². The molecule has 162 valence electrons. The van der Waals surface area contributed by atoms with E-state index in [0.717, 1.165) is 12.2 Å². The molecule has 0 saturated carbocycles. The Hall–Kier alpha value is -3.52. The van der Waals surface area contributed by atoms with Gasteiger partial charge in [0.2, 0.25) is 0 Å². The molecule has 3 aromatic carbocycles. The van der Waals surface area contributed by atoms with Crippen LogP contribution in [0.5, 0.6) is 11.5 Å². The third-order valence-electron chi connectivity index (χ3n) is 4.14. The van der Waals surface area contributed by atoms with E-state index in [4.69, 9.17) is 9.47 Å². The second kappa shape index (κ2) is 10.5. The van der Waals surface area contributed by atoms with E-state index in [2.05, 4.69) is 10.0 Å². The summed E-state index contributed by atoms with van der Waals surface area (Å²) >= 11 is 0. The van der Waals surface area contributed by atoms with Gasteiger partial charge in [0.1, 0.15) is 11.5 Å². The van der Waals surface area contributed by atoms with Crippen molar-refractivity contribution in [3.05, 3.63) is 78.9 Å². The second-order valence-electron chi connectivity index (χ2n) is 6.65. The van der Waals surface area contributed by atoms with Crippen molar-refractivity contribution < 1.29 is 22.7 Å². The van der Waals surface area contributed by atoms with E-state index in [0.29, 0.717) is 23.7 Å². The molecule has 31 heavy (non-hydrogen) atoms. The zero-order valence-corrected chi connectivity index (χ0v) is 17.9. The van der Waals surface area contributed by atoms with Crippen LogP contribution in [0.4, 0.5) is 11.4 Å². The van der Waals surface area contributed by atoms with Crippen LogP contribution in [-0.2, 0) is 14.8 Å². The van der Waals surface area contributed by atoms with E-state index in [1.165, 1.54) is 24.3 Å². The first-order valence-electron chi connectivity index (χ1n) is 9.80. The molecule has 0 fully saturated rings. The Morgan fingerprint density at radius 3 is 2.03 bits per heavy atom. The fourth-order valence-electron chi connectivity index (χ4n) is 2.64. The van der Waals surface area contributed by atoms with Crippen LogP contribution < -0.4 is 19.5 Å². The van der Waals surface area contributed by atoms with Crippen molar-refractivity contribution in [3.63, 3.8) is 0 Å². The molecule has 0 atom stereocenters. The van der Waals surface area contributed by atoms with Crippen LogP contribution in [0.3, 0.4) is 0 Å². The van der Waals surface area contributed by atoms with E-state index < -0.39 is 10.0 Å². The standard InChI is InChI=1S/C23H24N2O5S/c1-2-16-29-20-10-12-21(13-11-20)30-17-23(26)24-18-8-14-22(15-9-18)31(27,28)25-19-6-4-3-5-7-19/h3-15,25H,2,16-17H2,1H3,(H,24,26). The Labute approximate surface area is 182 Å². The Kier molecular flexibility index (Phi) is 7.50. The van der Waals surface area contributed by atoms with Gasteiger partial charge in [-0.1, -0.05) is 25.1 Å². The average Bonchev–Trinajstić information content (AvgIpc) is 2.78. The van der Waals surface area contributed by atoms with E-state index in [1.807, 2.05) is 6.92 Å². The lowest BCUT2D eigenvalue weighted by Gasteiger charge is -2.10. The monoisotopic (exact) mass is 440 g/mol. The number of carbonyl (C=O) groups excluding carboxylic acids is 1. The summed E-state index contributed by atoms with van der Waals surface area (Å²) in [6.07, 6.45) is 0.925. The Morgan fingerprint density at radius 1 is 0.806 bits per heavy atom. The summed E-state index contributed by atoms with van der Waals surface area (Å²) in [4.78, 5) is 12.2. The summed E-state index contributed by atoms with van der Waals surface area (Å²) in [6.45, 7) is 2.50. The molecule has 0 unspecified atom stereocenters. The van der Waals surface area contributed by atoms with Gasteiger partial charge in [-0.25, -0.2) is 8.42 Å². The van der Waals surface area contributed by atoms with Crippen LogP contribution >= 0.6 is 0 Å². The Bertz CT molecular complexity index is 1080. The predicted octanol–water partition coefficient (Wildman–Crippen LogP) is 4.29. The summed E-state index contributed by atoms with van der Waals surface area (Å²) in [5.74, 6) is 0.937. The maximum absolute atomic E-state index is 12.4. The van der Waals surface area contributed by atoms with Crippen molar-refractivity contribution in [2.75, 3.05) is 23.3 Å². The van der Waals surface area contributed by atoms with Gasteiger partial charge < -0.3 is 14.8 Å². The summed E-state index contributed by atoms with van der Waals surface area (Å²) in [6, 6.07) is 21.6. The molecule has 0 saturated heterocycles. The molecule has 7 nitrogen and oxygen atoms in total. The highest BCUT2D eigenvalue weighted by Gasteiger charge is 2.14. The quantitative estimate of drug-likeness (QED) is 0.490. The minimum atomic E-state index is -3.71. The zero-order chi connectivity index (χ0) is 22.1. The number of sulfonamides is 1. The molecule has 2 N–H and O–H groups in total. The number of hydrogen-bond donors (Lipinski definition) is 2. The number of hydrogen-bond acceptors (Lipinski definition) is 5. The van der Waals surface area contributed by atoms with E-state index in [-0.39, 0.29) is 17.4 Å². The molecule has 0 spiro atoms. The number of anilines is 2. The minimum Gasteiger partial charge on any atom is -0.494 e. The third-order valence-corrected chi connectivity index (χ3v) is 5.54. The maximum atomic E-state index is 12.4. The number of carbonyl (C=O) groups is 1. The van der Waals surface area contributed by atoms with Crippen molar-refractivity contribution in [3.8, 4) is 11.5 Å². The largest absolute Gasteiger partial charge is 0.494 e. The van der Waals surface area contributed by atoms with Gasteiger partial charge in [-0.2, -0.15) is 0 Å². The highest BCUT2D eigenvalue weighted by molar-refractivity contribution is 7.92. The van der Waals surface area contributed by atoms with Crippen LogP contribution in [0.25, 0.3) is 0 Å². The first kappa shape index (κ1) is 22.2. The molecule has 3 rings (SSSR count). The summed E-state index contributed by atoms with van der Waals surface area (Å²) in [5, 5.41) is 2.68. The molecule has 8 heteroatoms. The van der Waals surface area contributed by atoms with Crippen LogP contribution in [0.15, 0.2) is 83.8 Å². The molecule has 3 aromatic rings. The molecule has 0 aliphatic carbocycles. The molecular formula is C23H24N2O5S. The Morgan fingerprint density at radius 2 is 1.42 bits per heavy atom. The number of ether oxygens (including phenoxy) is 2. The molecular weight excluding hydrogens is 416 g/mol. The zero-order valence-electron chi connectivity index (χ0n) is 17.1. The summed E-state index contributed by atoms with van der Waals surface area (Å²) < 4.78 is 38.4. The van der Waals surface area contributed by atoms with E-state index in [9.17, 15) is 13.2 Å². The van der Waals surface area contributed by atoms with Gasteiger partial charge in [0.15, 0.2) is 6.61 Å². The maximum Gasteiger partial charge on any atom is 0.262 e. The molecule has 0 aliphatic rings. The van der Waals surface area contributed by atoms with Gasteiger partial charge in [0, 0.05) is 11.4 Å².